The van der Waals surface area contributed by atoms with E-state index in [1.54, 1.807) is 0 Å². The van der Waals surface area contributed by atoms with Gasteiger partial charge in [-0.3, -0.25) is 0 Å². The normalized spacial score (nSPS) is 4.00. The molecule has 5 heteroatoms. The molecule has 0 heterocycles. The minimum atomic E-state index is -0.833. The van der Waals surface area contributed by atoms with Crippen LogP contribution in [0.25, 0.3) is 0 Å². The van der Waals surface area contributed by atoms with Gasteiger partial charge in [-0.15, -0.1) is 0 Å². The molecule has 5 radical (unpaired) electrons. The van der Waals surface area contributed by atoms with Gasteiger partial charge in [0.1, 0.15) is 0 Å². The average molecular weight is 107 g/mol. The summed E-state index contributed by atoms with van der Waals surface area (Å²) >= 11 is 0. The number of rotatable bonds is 0. The maximum Gasteiger partial charge on any atom is 0.309 e. The summed E-state index contributed by atoms with van der Waals surface area (Å²) in [4.78, 5) is 9.00. The maximum atomic E-state index is 9.00. The Hall–Kier alpha value is -0.340. The van der Waals surface area contributed by atoms with Gasteiger partial charge in [-0.1, -0.05) is 0 Å². The molecule has 6 heavy (non-hydrogen) atoms. The first-order chi connectivity index (χ1) is 1.73. The molecule has 0 fully saturated rings. The summed E-state index contributed by atoms with van der Waals surface area (Å²) < 4.78 is 0. The number of hydrogen-bond acceptors (Lipinski definition) is 1. The van der Waals surface area contributed by atoms with Crippen LogP contribution in [0, 0.1) is 0 Å². The molecular formula is CH4N2O2P. The Balaban J connectivity index is -0.0000000450. The van der Waals surface area contributed by atoms with Crippen molar-refractivity contribution in [3.8, 4) is 0 Å². The molecule has 0 aromatic rings. The number of primary amides is 2. The van der Waals surface area contributed by atoms with Gasteiger partial charge in [0.2, 0.25) is 0 Å². The monoisotopic (exact) mass is 107 g/mol. The molecule has 35 valence electrons. The summed E-state index contributed by atoms with van der Waals surface area (Å²) in [6.07, 6.45) is 0. The summed E-state index contributed by atoms with van der Waals surface area (Å²) in [6, 6.07) is -0.833. The second-order valence-electron chi connectivity index (χ2n) is 0.402. The first kappa shape index (κ1) is 17.4. The van der Waals surface area contributed by atoms with E-state index < -0.39 is 6.03 Å². The predicted octanol–water partition coefficient (Wildman–Crippen LogP) is -0.234. The first-order valence-corrected chi connectivity index (χ1v) is 0.781. The van der Waals surface area contributed by atoms with E-state index in [-0.39, 0.29) is 15.4 Å². The van der Waals surface area contributed by atoms with Crippen LogP contribution >= 0.6 is 9.90 Å². The Morgan fingerprint density at radius 3 is 1.33 bits per heavy atom. The minimum absolute atomic E-state index is 0. The Morgan fingerprint density at radius 2 is 1.33 bits per heavy atom. The van der Waals surface area contributed by atoms with Crippen LogP contribution in [-0.4, -0.2) is 6.03 Å². The van der Waals surface area contributed by atoms with E-state index >= 15 is 0 Å². The van der Waals surface area contributed by atoms with Crippen molar-refractivity contribution in [3.05, 3.63) is 0 Å². The summed E-state index contributed by atoms with van der Waals surface area (Å²) in [5, 5.41) is 0. The third-order valence-corrected chi connectivity index (χ3v) is 0. The lowest BCUT2D eigenvalue weighted by molar-refractivity contribution is 0.256. The van der Waals surface area contributed by atoms with Crippen LogP contribution < -0.4 is 11.5 Å². The van der Waals surface area contributed by atoms with Crippen LogP contribution in [0.4, 0.5) is 4.79 Å². The number of urea groups is 1. The van der Waals surface area contributed by atoms with Gasteiger partial charge in [0.25, 0.3) is 0 Å². The molecule has 0 aromatic carbocycles. The van der Waals surface area contributed by atoms with Gasteiger partial charge in [-0.2, -0.15) is 0 Å². The fraction of sp³-hybridized carbons (Fsp3) is 0. The van der Waals surface area contributed by atoms with Gasteiger partial charge in [0, 0.05) is 15.4 Å². The predicted molar refractivity (Wildman–Crippen MR) is 21.4 cm³/mol. The van der Waals surface area contributed by atoms with Crippen molar-refractivity contribution in [2.75, 3.05) is 0 Å². The van der Waals surface area contributed by atoms with E-state index in [0.717, 1.165) is 0 Å². The Morgan fingerprint density at radius 1 is 1.33 bits per heavy atom. The largest absolute Gasteiger partial charge is 0.352 e. The lowest BCUT2D eigenvalue weighted by Gasteiger charge is -1.62. The van der Waals surface area contributed by atoms with Gasteiger partial charge in [0.05, 0.1) is 0 Å². The fourth-order valence-electron chi connectivity index (χ4n) is 0. The highest BCUT2D eigenvalue weighted by atomic mass is 31.0. The van der Waals surface area contributed by atoms with Gasteiger partial charge >= 0.3 is 6.03 Å². The van der Waals surface area contributed by atoms with Crippen molar-refractivity contribution in [3.63, 3.8) is 0 Å². The number of carbonyl (C=O) groups excluding carboxylic acids is 1. The summed E-state index contributed by atoms with van der Waals surface area (Å²) in [5.74, 6) is 0. The van der Waals surface area contributed by atoms with Crippen molar-refractivity contribution >= 4 is 15.9 Å². The molecule has 0 saturated heterocycles. The molecule has 0 aliphatic heterocycles. The zero-order chi connectivity index (χ0) is 3.58. The molecule has 0 aliphatic carbocycles. The van der Waals surface area contributed by atoms with Gasteiger partial charge in [-0.05, 0) is 0 Å². The summed E-state index contributed by atoms with van der Waals surface area (Å²) in [6.45, 7) is 0. The van der Waals surface area contributed by atoms with Crippen molar-refractivity contribution < 1.29 is 10.3 Å². The summed E-state index contributed by atoms with van der Waals surface area (Å²) in [7, 11) is 0. The molecule has 0 aliphatic rings. The highest BCUT2D eigenvalue weighted by molar-refractivity contribution is 6.92. The molecular weight excluding hydrogens is 103 g/mol. The van der Waals surface area contributed by atoms with Crippen molar-refractivity contribution in [2.24, 2.45) is 11.5 Å². The van der Waals surface area contributed by atoms with E-state index in [1.807, 2.05) is 0 Å². The lowest BCUT2D eigenvalue weighted by Crippen LogP contribution is -2.18. The number of hydrogen-bond donors (Lipinski definition) is 2. The van der Waals surface area contributed by atoms with Crippen LogP contribution in [0.2, 0.25) is 0 Å². The second kappa shape index (κ2) is 8.82. The maximum absolute atomic E-state index is 9.00. The third kappa shape index (κ3) is 224. The Labute approximate surface area is 38.8 Å². The molecule has 0 atom stereocenters. The molecule has 4 N–H and O–H groups in total. The highest BCUT2D eigenvalue weighted by Crippen LogP contribution is 1.25. The average Bonchev–Trinajstić information content (AvgIpc) is 0.811. The van der Waals surface area contributed by atoms with E-state index in [9.17, 15) is 0 Å². The molecule has 0 spiro atoms. The van der Waals surface area contributed by atoms with Crippen LogP contribution in [-0.2, 0) is 5.48 Å². The van der Waals surface area contributed by atoms with Crippen LogP contribution in [0.5, 0.6) is 0 Å². The zero-order valence-electron chi connectivity index (χ0n) is 2.92. The SMILES string of the molecule is NC(N)=O.[O].[P]. The number of carbonyl (C=O) groups is 1. The topological polar surface area (TPSA) is 97.6 Å². The molecule has 4 nitrogen and oxygen atoms in total. The standard InChI is InChI=1S/CH4N2O.O.P/c2-1(3)4;;/h(H4,2,3,4);;. The fourth-order valence-corrected chi connectivity index (χ4v) is 0. The second-order valence-corrected chi connectivity index (χ2v) is 0.402. The molecule has 0 unspecified atom stereocenters. The Bertz CT molecular complexity index is 34.5. The van der Waals surface area contributed by atoms with Gasteiger partial charge in [-0.25, -0.2) is 4.79 Å². The van der Waals surface area contributed by atoms with Crippen LogP contribution in [0.1, 0.15) is 0 Å². The molecule has 0 saturated carbocycles. The van der Waals surface area contributed by atoms with Gasteiger partial charge in [0.15, 0.2) is 0 Å². The van der Waals surface area contributed by atoms with Crippen molar-refractivity contribution in [1.82, 2.24) is 0 Å². The van der Waals surface area contributed by atoms with E-state index in [2.05, 4.69) is 11.5 Å². The van der Waals surface area contributed by atoms with E-state index in [4.69, 9.17) is 4.79 Å². The summed E-state index contributed by atoms with van der Waals surface area (Å²) in [5.41, 5.74) is 8.50. The smallest absolute Gasteiger partial charge is 0.309 e. The quantitative estimate of drug-likeness (QED) is 0.410. The van der Waals surface area contributed by atoms with Crippen molar-refractivity contribution in [1.29, 1.82) is 0 Å². The first-order valence-electron chi connectivity index (χ1n) is 0.781. The Kier molecular flexibility index (Phi) is 25.5. The van der Waals surface area contributed by atoms with Crippen LogP contribution in [0.3, 0.4) is 0 Å². The molecule has 0 bridgehead atoms. The van der Waals surface area contributed by atoms with E-state index in [1.165, 1.54) is 0 Å². The van der Waals surface area contributed by atoms with E-state index in [0.29, 0.717) is 0 Å². The number of nitrogens with two attached hydrogens (primary N) is 2. The minimum Gasteiger partial charge on any atom is -0.352 e. The van der Waals surface area contributed by atoms with Crippen molar-refractivity contribution in [2.45, 2.75) is 0 Å². The third-order valence-electron chi connectivity index (χ3n) is 0. The molecule has 0 aromatic heterocycles. The molecule has 2 amide bonds. The molecule has 0 rings (SSSR count). The van der Waals surface area contributed by atoms with Gasteiger partial charge < -0.3 is 11.5 Å². The highest BCUT2D eigenvalue weighted by Gasteiger charge is 1.60. The zero-order valence-corrected chi connectivity index (χ0v) is 3.81. The lowest BCUT2D eigenvalue weighted by atomic mass is 11.2. The van der Waals surface area contributed by atoms with Crippen LogP contribution in [0.15, 0.2) is 0 Å². The number of amides is 2.